The van der Waals surface area contributed by atoms with Crippen LogP contribution < -0.4 is 0 Å². The van der Waals surface area contributed by atoms with Crippen LogP contribution in [0.2, 0.25) is 0 Å². The topological polar surface area (TPSA) is 55.2 Å². The molecule has 5 nitrogen and oxygen atoms in total. The van der Waals surface area contributed by atoms with Crippen molar-refractivity contribution in [1.29, 1.82) is 0 Å². The second-order valence-corrected chi connectivity index (χ2v) is 9.42. The van der Waals surface area contributed by atoms with Gasteiger partial charge in [0.2, 0.25) is 0 Å². The lowest BCUT2D eigenvalue weighted by molar-refractivity contribution is 0.0728. The van der Waals surface area contributed by atoms with Crippen LogP contribution in [0.3, 0.4) is 0 Å². The van der Waals surface area contributed by atoms with Crippen molar-refractivity contribution in [3.63, 3.8) is 0 Å². The molecule has 0 bridgehead atoms. The normalized spacial score (nSPS) is 20.0. The van der Waals surface area contributed by atoms with Crippen LogP contribution in [-0.4, -0.2) is 32.9 Å². The van der Waals surface area contributed by atoms with E-state index in [1.807, 2.05) is 70.2 Å². The van der Waals surface area contributed by atoms with E-state index in [0.717, 1.165) is 41.9 Å². The first-order valence-corrected chi connectivity index (χ1v) is 11.0. The Morgan fingerprint density at radius 1 is 1.00 bits per heavy atom. The maximum absolute atomic E-state index is 13.3. The Morgan fingerprint density at radius 3 is 2.39 bits per heavy atom. The molecule has 1 aliphatic heterocycles. The SMILES string of the molecule is CC1(C)CC(=O)c2c([C@@H]3CCCN3C(=O)c3ccccc3)nn(-c3ccccc3)c2C1. The number of rotatable bonds is 3. The van der Waals surface area contributed by atoms with Crippen LogP contribution >= 0.6 is 0 Å². The highest BCUT2D eigenvalue weighted by Crippen LogP contribution is 2.42. The largest absolute Gasteiger partial charge is 0.330 e. The summed E-state index contributed by atoms with van der Waals surface area (Å²) < 4.78 is 1.94. The first kappa shape index (κ1) is 19.7. The molecule has 1 saturated heterocycles. The van der Waals surface area contributed by atoms with E-state index < -0.39 is 0 Å². The zero-order valence-electron chi connectivity index (χ0n) is 18.0. The highest BCUT2D eigenvalue weighted by atomic mass is 16.2. The predicted molar refractivity (Wildman–Crippen MR) is 119 cm³/mol. The highest BCUT2D eigenvalue weighted by molar-refractivity contribution is 6.00. The Labute approximate surface area is 182 Å². The lowest BCUT2D eigenvalue weighted by atomic mass is 9.75. The van der Waals surface area contributed by atoms with Crippen LogP contribution in [0.4, 0.5) is 0 Å². The molecule has 1 aliphatic carbocycles. The minimum absolute atomic E-state index is 0.00898. The Balaban J connectivity index is 1.62. The molecule has 1 atom stereocenters. The molecular formula is C26H27N3O2. The molecule has 5 heteroatoms. The monoisotopic (exact) mass is 413 g/mol. The molecule has 158 valence electrons. The average molecular weight is 414 g/mol. The van der Waals surface area contributed by atoms with Crippen molar-refractivity contribution in [1.82, 2.24) is 14.7 Å². The smallest absolute Gasteiger partial charge is 0.254 e. The summed E-state index contributed by atoms with van der Waals surface area (Å²) >= 11 is 0. The molecule has 0 radical (unpaired) electrons. The fourth-order valence-corrected chi connectivity index (χ4v) is 5.03. The van der Waals surface area contributed by atoms with Crippen molar-refractivity contribution in [3.8, 4) is 5.69 Å². The van der Waals surface area contributed by atoms with Gasteiger partial charge in [0, 0.05) is 18.5 Å². The third-order valence-electron chi connectivity index (χ3n) is 6.42. The lowest BCUT2D eigenvalue weighted by Gasteiger charge is -2.30. The fraction of sp³-hybridized carbons (Fsp3) is 0.346. The third-order valence-corrected chi connectivity index (χ3v) is 6.42. The number of likely N-dealkylation sites (tertiary alicyclic amines) is 1. The average Bonchev–Trinajstić information content (AvgIpc) is 3.38. The van der Waals surface area contributed by atoms with Gasteiger partial charge in [0.25, 0.3) is 5.91 Å². The van der Waals surface area contributed by atoms with Crippen molar-refractivity contribution in [2.45, 2.75) is 45.6 Å². The second-order valence-electron chi connectivity index (χ2n) is 9.42. The van der Waals surface area contributed by atoms with E-state index in [2.05, 4.69) is 13.8 Å². The van der Waals surface area contributed by atoms with E-state index in [0.29, 0.717) is 18.5 Å². The molecule has 0 unspecified atom stereocenters. The molecule has 2 aromatic carbocycles. The van der Waals surface area contributed by atoms with Gasteiger partial charge in [-0.25, -0.2) is 4.68 Å². The molecule has 5 rings (SSSR count). The summed E-state index contributed by atoms with van der Waals surface area (Å²) in [6, 6.07) is 19.2. The molecule has 0 N–H and O–H groups in total. The number of carbonyl (C=O) groups excluding carboxylic acids is 2. The van der Waals surface area contributed by atoms with Crippen molar-refractivity contribution in [3.05, 3.63) is 83.2 Å². The van der Waals surface area contributed by atoms with Gasteiger partial charge in [-0.3, -0.25) is 9.59 Å². The molecule has 2 aliphatic rings. The zero-order valence-corrected chi connectivity index (χ0v) is 18.0. The number of fused-ring (bicyclic) bond motifs is 1. The third kappa shape index (κ3) is 3.48. The van der Waals surface area contributed by atoms with Gasteiger partial charge in [-0.15, -0.1) is 0 Å². The summed E-state index contributed by atoms with van der Waals surface area (Å²) in [5.41, 5.74) is 4.00. The van der Waals surface area contributed by atoms with Gasteiger partial charge in [0.05, 0.1) is 28.7 Å². The number of ketones is 1. The summed E-state index contributed by atoms with van der Waals surface area (Å²) in [4.78, 5) is 28.5. The van der Waals surface area contributed by atoms with Crippen molar-refractivity contribution < 1.29 is 9.59 Å². The maximum Gasteiger partial charge on any atom is 0.254 e. The van der Waals surface area contributed by atoms with Crippen LogP contribution in [-0.2, 0) is 6.42 Å². The van der Waals surface area contributed by atoms with Crippen molar-refractivity contribution >= 4 is 11.7 Å². The van der Waals surface area contributed by atoms with E-state index >= 15 is 0 Å². The Hall–Kier alpha value is -3.21. The van der Waals surface area contributed by atoms with Crippen molar-refractivity contribution in [2.75, 3.05) is 6.54 Å². The van der Waals surface area contributed by atoms with E-state index in [4.69, 9.17) is 5.10 Å². The van der Waals surface area contributed by atoms with Crippen LogP contribution in [0, 0.1) is 5.41 Å². The fourth-order valence-electron chi connectivity index (χ4n) is 5.03. The van der Waals surface area contributed by atoms with Gasteiger partial charge in [0.15, 0.2) is 5.78 Å². The van der Waals surface area contributed by atoms with Gasteiger partial charge in [-0.2, -0.15) is 5.10 Å². The molecule has 0 saturated carbocycles. The first-order valence-electron chi connectivity index (χ1n) is 11.0. The summed E-state index contributed by atoms with van der Waals surface area (Å²) in [6.07, 6.45) is 3.03. The van der Waals surface area contributed by atoms with E-state index in [-0.39, 0.29) is 23.1 Å². The standard InChI is InChI=1S/C26H27N3O2/c1-26(2)16-21-23(22(30)17-26)24(27-29(21)19-12-7-4-8-13-19)20-14-9-15-28(20)25(31)18-10-5-3-6-11-18/h3-8,10-13,20H,9,14-17H2,1-2H3/t20-/m0/s1. The molecule has 1 fully saturated rings. The number of carbonyl (C=O) groups is 2. The predicted octanol–water partition coefficient (Wildman–Crippen LogP) is 5.00. The van der Waals surface area contributed by atoms with Gasteiger partial charge in [-0.05, 0) is 48.9 Å². The summed E-state index contributed by atoms with van der Waals surface area (Å²) in [6.45, 7) is 4.96. The second kappa shape index (κ2) is 7.49. The van der Waals surface area contributed by atoms with Crippen LogP contribution in [0.15, 0.2) is 60.7 Å². The Morgan fingerprint density at radius 2 is 1.68 bits per heavy atom. The maximum atomic E-state index is 13.3. The molecule has 0 spiro atoms. The number of hydrogen-bond donors (Lipinski definition) is 0. The van der Waals surface area contributed by atoms with Gasteiger partial charge >= 0.3 is 0 Å². The van der Waals surface area contributed by atoms with Crippen molar-refractivity contribution in [2.24, 2.45) is 5.41 Å². The molecular weight excluding hydrogens is 386 g/mol. The lowest BCUT2D eigenvalue weighted by Crippen LogP contribution is -2.32. The number of aromatic nitrogens is 2. The number of amides is 1. The van der Waals surface area contributed by atoms with Crippen LogP contribution in [0.25, 0.3) is 5.69 Å². The van der Waals surface area contributed by atoms with Gasteiger partial charge in [0.1, 0.15) is 0 Å². The quantitative estimate of drug-likeness (QED) is 0.607. The van der Waals surface area contributed by atoms with Crippen LogP contribution in [0.5, 0.6) is 0 Å². The zero-order chi connectivity index (χ0) is 21.6. The number of nitrogens with zero attached hydrogens (tertiary/aromatic N) is 3. The number of hydrogen-bond acceptors (Lipinski definition) is 3. The number of para-hydroxylation sites is 1. The molecule has 2 heterocycles. The first-order chi connectivity index (χ1) is 14.9. The summed E-state index contributed by atoms with van der Waals surface area (Å²) in [5.74, 6) is 0.150. The van der Waals surface area contributed by atoms with E-state index in [9.17, 15) is 9.59 Å². The highest BCUT2D eigenvalue weighted by Gasteiger charge is 2.41. The summed E-state index contributed by atoms with van der Waals surface area (Å²) in [5, 5.41) is 4.99. The molecule has 1 aromatic heterocycles. The number of Topliss-reactive ketones (excluding diaryl/α,β-unsaturated/α-hetero) is 1. The minimum Gasteiger partial charge on any atom is -0.330 e. The Kier molecular flexibility index (Phi) is 4.77. The van der Waals surface area contributed by atoms with E-state index in [1.165, 1.54) is 0 Å². The Bertz CT molecular complexity index is 1130. The summed E-state index contributed by atoms with van der Waals surface area (Å²) in [7, 11) is 0. The van der Waals surface area contributed by atoms with Gasteiger partial charge in [-0.1, -0.05) is 50.2 Å². The van der Waals surface area contributed by atoms with Gasteiger partial charge < -0.3 is 4.90 Å². The molecule has 31 heavy (non-hydrogen) atoms. The van der Waals surface area contributed by atoms with Crippen LogP contribution in [0.1, 0.15) is 71.3 Å². The number of benzene rings is 2. The molecule has 1 amide bonds. The molecule has 3 aromatic rings. The minimum atomic E-state index is -0.170. The van der Waals surface area contributed by atoms with E-state index in [1.54, 1.807) is 0 Å².